The van der Waals surface area contributed by atoms with E-state index in [-0.39, 0.29) is 18.2 Å². The number of nitrogens with zero attached hydrogens (tertiary/aromatic N) is 5. The first-order valence-electron chi connectivity index (χ1n) is 5.83. The van der Waals surface area contributed by atoms with E-state index in [2.05, 4.69) is 9.97 Å². The molecule has 0 spiro atoms. The zero-order chi connectivity index (χ0) is 14.4. The van der Waals surface area contributed by atoms with Gasteiger partial charge in [0.15, 0.2) is 5.82 Å². The molecule has 2 aromatic rings. The maximum Gasteiger partial charge on any atom is 0.163 e. The SMILES string of the molecule is N#CCN(CC#N)c1cc(Cl)nc(-c2ccccc2)n1. The first-order chi connectivity index (χ1) is 9.74. The van der Waals surface area contributed by atoms with Crippen LogP contribution in [0.4, 0.5) is 5.82 Å². The lowest BCUT2D eigenvalue weighted by Gasteiger charge is -2.17. The van der Waals surface area contributed by atoms with Gasteiger partial charge in [-0.1, -0.05) is 41.9 Å². The van der Waals surface area contributed by atoms with Gasteiger partial charge in [-0.25, -0.2) is 9.97 Å². The van der Waals surface area contributed by atoms with Gasteiger partial charge in [-0.05, 0) is 0 Å². The summed E-state index contributed by atoms with van der Waals surface area (Å²) in [6.45, 7) is 0.129. The van der Waals surface area contributed by atoms with Gasteiger partial charge in [0, 0.05) is 11.6 Å². The zero-order valence-electron chi connectivity index (χ0n) is 10.5. The Bertz CT molecular complexity index is 656. The molecule has 0 radical (unpaired) electrons. The summed E-state index contributed by atoms with van der Waals surface area (Å²) < 4.78 is 0. The summed E-state index contributed by atoms with van der Waals surface area (Å²) >= 11 is 6.00. The molecule has 0 unspecified atom stereocenters. The molecule has 6 heteroatoms. The minimum Gasteiger partial charge on any atom is -0.330 e. The second-order valence-corrected chi connectivity index (χ2v) is 4.30. The minimum absolute atomic E-state index is 0.0646. The summed E-state index contributed by atoms with van der Waals surface area (Å²) in [4.78, 5) is 10.1. The third kappa shape index (κ3) is 3.23. The molecule has 2 rings (SSSR count). The van der Waals surface area contributed by atoms with Crippen molar-refractivity contribution in [2.75, 3.05) is 18.0 Å². The van der Waals surface area contributed by atoms with Crippen LogP contribution in [0.2, 0.25) is 5.15 Å². The van der Waals surface area contributed by atoms with Crippen LogP contribution in [0.25, 0.3) is 11.4 Å². The Morgan fingerprint density at radius 1 is 1.05 bits per heavy atom. The largest absolute Gasteiger partial charge is 0.330 e. The van der Waals surface area contributed by atoms with Crippen LogP contribution < -0.4 is 4.90 Å². The Labute approximate surface area is 121 Å². The smallest absolute Gasteiger partial charge is 0.163 e. The minimum atomic E-state index is 0.0646. The lowest BCUT2D eigenvalue weighted by molar-refractivity contribution is 0.928. The quantitative estimate of drug-likeness (QED) is 0.637. The number of benzene rings is 1. The number of nitriles is 2. The molecule has 1 heterocycles. The summed E-state index contributed by atoms with van der Waals surface area (Å²) in [7, 11) is 0. The molecule has 0 aliphatic carbocycles. The maximum absolute atomic E-state index is 8.80. The molecular formula is C14H10ClN5. The second kappa shape index (κ2) is 6.51. The van der Waals surface area contributed by atoms with E-state index in [0.717, 1.165) is 5.56 Å². The van der Waals surface area contributed by atoms with Gasteiger partial charge in [-0.2, -0.15) is 10.5 Å². The molecule has 0 aliphatic heterocycles. The number of hydrogen-bond acceptors (Lipinski definition) is 5. The number of hydrogen-bond donors (Lipinski definition) is 0. The fourth-order valence-corrected chi connectivity index (χ4v) is 1.85. The van der Waals surface area contributed by atoms with Gasteiger partial charge in [0.2, 0.25) is 0 Å². The van der Waals surface area contributed by atoms with Gasteiger partial charge in [0.05, 0.1) is 12.1 Å². The Hall–Kier alpha value is -2.63. The lowest BCUT2D eigenvalue weighted by Crippen LogP contribution is -2.25. The van der Waals surface area contributed by atoms with E-state index in [1.165, 1.54) is 0 Å². The number of anilines is 1. The lowest BCUT2D eigenvalue weighted by atomic mass is 10.2. The molecule has 0 amide bonds. The predicted molar refractivity (Wildman–Crippen MR) is 75.9 cm³/mol. The highest BCUT2D eigenvalue weighted by Crippen LogP contribution is 2.22. The van der Waals surface area contributed by atoms with Gasteiger partial charge in [-0.3, -0.25) is 0 Å². The Morgan fingerprint density at radius 3 is 2.30 bits per heavy atom. The van der Waals surface area contributed by atoms with Crippen molar-refractivity contribution in [1.82, 2.24) is 9.97 Å². The molecule has 0 atom stereocenters. The van der Waals surface area contributed by atoms with Gasteiger partial charge in [0.1, 0.15) is 24.1 Å². The van der Waals surface area contributed by atoms with Crippen LogP contribution in [-0.4, -0.2) is 23.1 Å². The first-order valence-corrected chi connectivity index (χ1v) is 6.21. The van der Waals surface area contributed by atoms with Gasteiger partial charge < -0.3 is 4.90 Å². The van der Waals surface area contributed by atoms with Gasteiger partial charge in [-0.15, -0.1) is 0 Å². The summed E-state index contributed by atoms with van der Waals surface area (Å²) in [6, 6.07) is 14.9. The van der Waals surface area contributed by atoms with Crippen molar-refractivity contribution < 1.29 is 0 Å². The summed E-state index contributed by atoms with van der Waals surface area (Å²) in [5.41, 5.74) is 0.824. The van der Waals surface area contributed by atoms with E-state index in [4.69, 9.17) is 22.1 Å². The van der Waals surface area contributed by atoms with Crippen molar-refractivity contribution in [2.24, 2.45) is 0 Å². The van der Waals surface area contributed by atoms with E-state index in [9.17, 15) is 0 Å². The van der Waals surface area contributed by atoms with Crippen LogP contribution in [-0.2, 0) is 0 Å². The van der Waals surface area contributed by atoms with E-state index in [1.54, 1.807) is 11.0 Å². The molecule has 0 saturated carbocycles. The number of aromatic nitrogens is 2. The summed E-state index contributed by atoms with van der Waals surface area (Å²) in [5, 5.41) is 17.9. The topological polar surface area (TPSA) is 76.6 Å². The van der Waals surface area contributed by atoms with Crippen molar-refractivity contribution in [3.8, 4) is 23.5 Å². The van der Waals surface area contributed by atoms with E-state index >= 15 is 0 Å². The molecule has 5 nitrogen and oxygen atoms in total. The molecule has 0 N–H and O–H groups in total. The second-order valence-electron chi connectivity index (χ2n) is 3.91. The highest BCUT2D eigenvalue weighted by Gasteiger charge is 2.11. The van der Waals surface area contributed by atoms with Crippen molar-refractivity contribution in [3.63, 3.8) is 0 Å². The highest BCUT2D eigenvalue weighted by atomic mass is 35.5. The van der Waals surface area contributed by atoms with Crippen LogP contribution in [0.15, 0.2) is 36.4 Å². The molecule has 1 aromatic heterocycles. The average Bonchev–Trinajstić information content (AvgIpc) is 2.47. The van der Waals surface area contributed by atoms with Crippen LogP contribution in [0, 0.1) is 22.7 Å². The van der Waals surface area contributed by atoms with E-state index in [1.807, 2.05) is 42.5 Å². The molecule has 98 valence electrons. The Kier molecular flexibility index (Phi) is 4.49. The number of halogens is 1. The van der Waals surface area contributed by atoms with Crippen molar-refractivity contribution in [3.05, 3.63) is 41.6 Å². The third-order valence-corrected chi connectivity index (χ3v) is 2.75. The molecule has 0 bridgehead atoms. The fourth-order valence-electron chi connectivity index (χ4n) is 1.67. The molecule has 0 saturated heterocycles. The molecular weight excluding hydrogens is 274 g/mol. The Morgan fingerprint density at radius 2 is 1.70 bits per heavy atom. The maximum atomic E-state index is 8.80. The fraction of sp³-hybridized carbons (Fsp3) is 0.143. The molecule has 1 aromatic carbocycles. The van der Waals surface area contributed by atoms with E-state index < -0.39 is 0 Å². The van der Waals surface area contributed by atoms with Gasteiger partial charge in [0.25, 0.3) is 0 Å². The molecule has 20 heavy (non-hydrogen) atoms. The monoisotopic (exact) mass is 283 g/mol. The molecule has 0 fully saturated rings. The summed E-state index contributed by atoms with van der Waals surface area (Å²) in [5.74, 6) is 0.931. The van der Waals surface area contributed by atoms with E-state index in [0.29, 0.717) is 11.6 Å². The standard InChI is InChI=1S/C14H10ClN5/c15-12-10-13(20(8-6-16)9-7-17)19-14(18-12)11-4-2-1-3-5-11/h1-5,10H,8-9H2. The van der Waals surface area contributed by atoms with Crippen LogP contribution >= 0.6 is 11.6 Å². The van der Waals surface area contributed by atoms with Crippen molar-refractivity contribution in [2.45, 2.75) is 0 Å². The first kappa shape index (κ1) is 13.8. The zero-order valence-corrected chi connectivity index (χ0v) is 11.2. The van der Waals surface area contributed by atoms with Crippen molar-refractivity contribution >= 4 is 17.4 Å². The van der Waals surface area contributed by atoms with Crippen LogP contribution in [0.1, 0.15) is 0 Å². The average molecular weight is 284 g/mol. The van der Waals surface area contributed by atoms with Crippen molar-refractivity contribution in [1.29, 1.82) is 10.5 Å². The summed E-state index contributed by atoms with van der Waals surface area (Å²) in [6.07, 6.45) is 0. The number of rotatable bonds is 4. The van der Waals surface area contributed by atoms with Crippen LogP contribution in [0.3, 0.4) is 0 Å². The van der Waals surface area contributed by atoms with Gasteiger partial charge >= 0.3 is 0 Å². The normalized spacial score (nSPS) is 9.55. The molecule has 0 aliphatic rings. The van der Waals surface area contributed by atoms with Crippen LogP contribution in [0.5, 0.6) is 0 Å². The third-order valence-electron chi connectivity index (χ3n) is 2.56. The highest BCUT2D eigenvalue weighted by molar-refractivity contribution is 6.29. The predicted octanol–water partition coefficient (Wildman–Crippen LogP) is 2.65. The Balaban J connectivity index is 2.43.